The summed E-state index contributed by atoms with van der Waals surface area (Å²) in [5.41, 5.74) is 8.18. The van der Waals surface area contributed by atoms with Crippen molar-refractivity contribution in [3.63, 3.8) is 0 Å². The van der Waals surface area contributed by atoms with Gasteiger partial charge in [-0.25, -0.2) is 4.98 Å². The van der Waals surface area contributed by atoms with Crippen LogP contribution in [0.3, 0.4) is 0 Å². The molecule has 1 aromatic heterocycles. The maximum Gasteiger partial charge on any atom is 0.227 e. The molecule has 0 saturated carbocycles. The molecule has 0 aliphatic rings. The predicted octanol–water partition coefficient (Wildman–Crippen LogP) is 10.9. The first kappa shape index (κ1) is 24.2. The lowest BCUT2D eigenvalue weighted by Crippen LogP contribution is -2.10. The van der Waals surface area contributed by atoms with Crippen LogP contribution in [0.2, 0.25) is 0 Å². The molecule has 8 rings (SSSR count). The summed E-state index contributed by atoms with van der Waals surface area (Å²) in [5.74, 6) is 0.624. The van der Waals surface area contributed by atoms with Crippen molar-refractivity contribution in [2.24, 2.45) is 0 Å². The Balaban J connectivity index is 1.31. The Morgan fingerprint density at radius 3 is 1.88 bits per heavy atom. The molecule has 3 nitrogen and oxygen atoms in total. The van der Waals surface area contributed by atoms with Crippen LogP contribution in [0, 0.1) is 0 Å². The predicted molar refractivity (Wildman–Crippen MR) is 175 cm³/mol. The van der Waals surface area contributed by atoms with Crippen molar-refractivity contribution in [1.82, 2.24) is 4.98 Å². The maximum atomic E-state index is 6.40. The first-order valence-electron chi connectivity index (χ1n) is 14.1. The van der Waals surface area contributed by atoms with Crippen LogP contribution < -0.4 is 4.90 Å². The quantitative estimate of drug-likeness (QED) is 0.218. The third kappa shape index (κ3) is 4.11. The van der Waals surface area contributed by atoms with Crippen LogP contribution in [0.4, 0.5) is 17.1 Å². The van der Waals surface area contributed by atoms with Crippen molar-refractivity contribution in [2.45, 2.75) is 0 Å². The highest BCUT2D eigenvalue weighted by molar-refractivity contribution is 6.12. The topological polar surface area (TPSA) is 29.3 Å². The molecule has 0 fully saturated rings. The van der Waals surface area contributed by atoms with Gasteiger partial charge in [0.1, 0.15) is 5.52 Å². The summed E-state index contributed by atoms with van der Waals surface area (Å²) in [5, 5.41) is 4.67. The van der Waals surface area contributed by atoms with Gasteiger partial charge in [0, 0.05) is 33.8 Å². The Labute approximate surface area is 243 Å². The Morgan fingerprint density at radius 2 is 1.10 bits per heavy atom. The SMILES string of the molecule is c1ccc(-c2nc3c(cc(N(c4ccccc4)c4ccc(-c5cccc6ccccc56)cc4)c4ccccc43)o2)cc1. The zero-order valence-corrected chi connectivity index (χ0v) is 22.8. The Kier molecular flexibility index (Phi) is 5.79. The van der Waals surface area contributed by atoms with E-state index in [-0.39, 0.29) is 0 Å². The molecular weight excluding hydrogens is 512 g/mol. The largest absolute Gasteiger partial charge is 0.436 e. The summed E-state index contributed by atoms with van der Waals surface area (Å²) in [6.45, 7) is 0. The van der Waals surface area contributed by atoms with Crippen LogP contribution in [0.5, 0.6) is 0 Å². The first-order chi connectivity index (χ1) is 20.8. The van der Waals surface area contributed by atoms with E-state index in [2.05, 4.69) is 132 Å². The Hall–Kier alpha value is -5.67. The molecule has 0 spiro atoms. The third-order valence-electron chi connectivity index (χ3n) is 7.88. The van der Waals surface area contributed by atoms with E-state index < -0.39 is 0 Å². The van der Waals surface area contributed by atoms with Crippen LogP contribution in [-0.4, -0.2) is 4.98 Å². The summed E-state index contributed by atoms with van der Waals surface area (Å²) < 4.78 is 6.40. The zero-order valence-electron chi connectivity index (χ0n) is 22.8. The number of fused-ring (bicyclic) bond motifs is 4. The second-order valence-electron chi connectivity index (χ2n) is 10.4. The van der Waals surface area contributed by atoms with Crippen LogP contribution >= 0.6 is 0 Å². The van der Waals surface area contributed by atoms with Crippen molar-refractivity contribution in [3.05, 3.63) is 158 Å². The van der Waals surface area contributed by atoms with Crippen LogP contribution in [0.1, 0.15) is 0 Å². The average Bonchev–Trinajstić information content (AvgIpc) is 3.51. The fourth-order valence-electron chi connectivity index (χ4n) is 5.90. The summed E-state index contributed by atoms with van der Waals surface area (Å²) in [7, 11) is 0. The zero-order chi connectivity index (χ0) is 27.9. The fraction of sp³-hybridized carbons (Fsp3) is 0. The molecule has 198 valence electrons. The van der Waals surface area contributed by atoms with E-state index in [0.717, 1.165) is 44.5 Å². The van der Waals surface area contributed by atoms with Gasteiger partial charge < -0.3 is 9.32 Å². The van der Waals surface area contributed by atoms with Crippen molar-refractivity contribution in [3.8, 4) is 22.6 Å². The highest BCUT2D eigenvalue weighted by atomic mass is 16.3. The molecule has 0 aliphatic carbocycles. The van der Waals surface area contributed by atoms with Crippen LogP contribution in [0.25, 0.3) is 55.2 Å². The lowest BCUT2D eigenvalue weighted by Gasteiger charge is -2.27. The minimum Gasteiger partial charge on any atom is -0.436 e. The minimum absolute atomic E-state index is 0.624. The average molecular weight is 539 g/mol. The van der Waals surface area contributed by atoms with Gasteiger partial charge in [0.05, 0.1) is 5.69 Å². The molecule has 42 heavy (non-hydrogen) atoms. The van der Waals surface area contributed by atoms with Gasteiger partial charge in [-0.1, -0.05) is 115 Å². The van der Waals surface area contributed by atoms with Gasteiger partial charge in [0.15, 0.2) is 5.58 Å². The van der Waals surface area contributed by atoms with E-state index in [4.69, 9.17) is 9.40 Å². The molecule has 0 aliphatic heterocycles. The number of para-hydroxylation sites is 1. The van der Waals surface area contributed by atoms with Crippen molar-refractivity contribution >= 4 is 49.7 Å². The lowest BCUT2D eigenvalue weighted by atomic mass is 9.98. The summed E-state index contributed by atoms with van der Waals surface area (Å²) in [6, 6.07) is 55.0. The molecule has 0 saturated heterocycles. The first-order valence-corrected chi connectivity index (χ1v) is 14.1. The van der Waals surface area contributed by atoms with Crippen molar-refractivity contribution in [2.75, 3.05) is 4.90 Å². The number of hydrogen-bond donors (Lipinski definition) is 0. The summed E-state index contributed by atoms with van der Waals surface area (Å²) in [6.07, 6.45) is 0. The molecule has 0 N–H and O–H groups in total. The number of aromatic nitrogens is 1. The summed E-state index contributed by atoms with van der Waals surface area (Å²) >= 11 is 0. The molecule has 1 heterocycles. The molecule has 0 bridgehead atoms. The number of benzene rings is 7. The molecule has 0 atom stereocenters. The van der Waals surface area contributed by atoms with Crippen LogP contribution in [0.15, 0.2) is 162 Å². The maximum absolute atomic E-state index is 6.40. The number of nitrogens with zero attached hydrogens (tertiary/aromatic N) is 2. The van der Waals surface area contributed by atoms with Crippen molar-refractivity contribution < 1.29 is 4.42 Å². The highest BCUT2D eigenvalue weighted by Crippen LogP contribution is 2.43. The van der Waals surface area contributed by atoms with E-state index in [1.165, 1.54) is 21.9 Å². The van der Waals surface area contributed by atoms with Gasteiger partial charge in [-0.05, 0) is 58.3 Å². The molecule has 0 radical (unpaired) electrons. The molecule has 7 aromatic carbocycles. The number of hydrogen-bond acceptors (Lipinski definition) is 3. The van der Waals surface area contributed by atoms with Gasteiger partial charge in [-0.2, -0.15) is 0 Å². The van der Waals surface area contributed by atoms with E-state index >= 15 is 0 Å². The Bertz CT molecular complexity index is 2180. The minimum atomic E-state index is 0.624. The molecule has 0 unspecified atom stereocenters. The van der Waals surface area contributed by atoms with E-state index in [1.807, 2.05) is 30.3 Å². The normalized spacial score (nSPS) is 11.3. The highest BCUT2D eigenvalue weighted by Gasteiger charge is 2.20. The Morgan fingerprint density at radius 1 is 0.476 bits per heavy atom. The smallest absolute Gasteiger partial charge is 0.227 e. The van der Waals surface area contributed by atoms with Gasteiger partial charge in [0.25, 0.3) is 0 Å². The monoisotopic (exact) mass is 538 g/mol. The van der Waals surface area contributed by atoms with E-state index in [9.17, 15) is 0 Å². The second kappa shape index (κ2) is 10.1. The number of anilines is 3. The van der Waals surface area contributed by atoms with Crippen LogP contribution in [-0.2, 0) is 0 Å². The molecular formula is C39H26N2O. The fourth-order valence-corrected chi connectivity index (χ4v) is 5.90. The van der Waals surface area contributed by atoms with Gasteiger partial charge in [-0.3, -0.25) is 0 Å². The van der Waals surface area contributed by atoms with Gasteiger partial charge in [-0.15, -0.1) is 0 Å². The molecule has 0 amide bonds. The van der Waals surface area contributed by atoms with Crippen molar-refractivity contribution in [1.29, 1.82) is 0 Å². The number of oxazole rings is 1. The lowest BCUT2D eigenvalue weighted by molar-refractivity contribution is 0.620. The third-order valence-corrected chi connectivity index (χ3v) is 7.88. The van der Waals surface area contributed by atoms with E-state index in [1.54, 1.807) is 0 Å². The molecule has 8 aromatic rings. The standard InChI is InChI=1S/C39H26N2O/c1-3-13-29(14-4-1)39-40-38-35-20-10-9-19-34(35)36(26-37(38)42-39)41(30-16-5-2-6-17-30)31-24-22-28(23-25-31)33-21-11-15-27-12-7-8-18-32(27)33/h1-26H. The second-order valence-corrected chi connectivity index (χ2v) is 10.4. The van der Waals surface area contributed by atoms with E-state index in [0.29, 0.717) is 5.89 Å². The molecule has 3 heteroatoms. The van der Waals surface area contributed by atoms with Gasteiger partial charge >= 0.3 is 0 Å². The van der Waals surface area contributed by atoms with Gasteiger partial charge in [0.2, 0.25) is 5.89 Å². The number of rotatable bonds is 5. The summed E-state index contributed by atoms with van der Waals surface area (Å²) in [4.78, 5) is 7.25.